The van der Waals surface area contributed by atoms with Gasteiger partial charge >= 0.3 is 0 Å². The van der Waals surface area contributed by atoms with E-state index in [0.717, 1.165) is 25.7 Å². The molecule has 0 aromatic rings. The van der Waals surface area contributed by atoms with Crippen LogP contribution in [0.5, 0.6) is 0 Å². The number of nitrogens with one attached hydrogen (secondary N) is 1. The maximum atomic E-state index is 5.94. The predicted octanol–water partition coefficient (Wildman–Crippen LogP) is 1.96. The molecule has 0 radical (unpaired) electrons. The first-order valence-electron chi connectivity index (χ1n) is 6.63. The first-order chi connectivity index (χ1) is 7.74. The topological polar surface area (TPSA) is 30.5 Å². The third-order valence-corrected chi connectivity index (χ3v) is 4.24. The summed E-state index contributed by atoms with van der Waals surface area (Å²) in [5.74, 6) is 0.812. The lowest BCUT2D eigenvalue weighted by atomic mass is 9.83. The molecule has 0 amide bonds. The predicted molar refractivity (Wildman–Crippen MR) is 64.6 cm³/mol. The fourth-order valence-corrected chi connectivity index (χ4v) is 3.06. The molecular weight excluding hydrogens is 202 g/mol. The maximum absolute atomic E-state index is 5.94. The van der Waals surface area contributed by atoms with Crippen molar-refractivity contribution < 1.29 is 9.47 Å². The average Bonchev–Trinajstić information content (AvgIpc) is 2.75. The Labute approximate surface area is 98.9 Å². The van der Waals surface area contributed by atoms with Gasteiger partial charge in [0.25, 0.3) is 0 Å². The molecule has 0 bridgehead atoms. The van der Waals surface area contributed by atoms with Gasteiger partial charge in [0.05, 0.1) is 5.60 Å². The highest BCUT2D eigenvalue weighted by Gasteiger charge is 2.38. The fourth-order valence-electron chi connectivity index (χ4n) is 3.06. The van der Waals surface area contributed by atoms with Crippen molar-refractivity contribution in [3.05, 3.63) is 0 Å². The average molecular weight is 227 g/mol. The molecular formula is C13H25NO2. The van der Waals surface area contributed by atoms with Crippen LogP contribution in [0.1, 0.15) is 39.0 Å². The highest BCUT2D eigenvalue weighted by molar-refractivity contribution is 4.93. The second-order valence-corrected chi connectivity index (χ2v) is 5.40. The molecule has 2 rings (SSSR count). The van der Waals surface area contributed by atoms with Gasteiger partial charge in [0.2, 0.25) is 0 Å². The molecule has 2 heterocycles. The minimum Gasteiger partial charge on any atom is -0.381 e. The Morgan fingerprint density at radius 1 is 1.31 bits per heavy atom. The van der Waals surface area contributed by atoms with Gasteiger partial charge in [-0.1, -0.05) is 0 Å². The molecule has 3 heteroatoms. The SMILES string of the molecule is CNC(CC1CCOCC1)C1(C)CCCO1. The minimum absolute atomic E-state index is 0.0626. The van der Waals surface area contributed by atoms with E-state index < -0.39 is 0 Å². The number of rotatable bonds is 4. The summed E-state index contributed by atoms with van der Waals surface area (Å²) in [6, 6.07) is 0.498. The van der Waals surface area contributed by atoms with Crippen molar-refractivity contribution >= 4 is 0 Å². The Bertz CT molecular complexity index is 208. The van der Waals surface area contributed by atoms with Crippen LogP contribution >= 0.6 is 0 Å². The van der Waals surface area contributed by atoms with Crippen molar-refractivity contribution in [2.45, 2.75) is 50.7 Å². The van der Waals surface area contributed by atoms with E-state index in [0.29, 0.717) is 6.04 Å². The molecule has 1 N–H and O–H groups in total. The third kappa shape index (κ3) is 2.76. The molecule has 2 atom stereocenters. The van der Waals surface area contributed by atoms with Crippen molar-refractivity contribution in [1.82, 2.24) is 5.32 Å². The Hall–Kier alpha value is -0.120. The molecule has 2 aliphatic rings. The second-order valence-electron chi connectivity index (χ2n) is 5.40. The summed E-state index contributed by atoms with van der Waals surface area (Å²) in [7, 11) is 2.07. The number of likely N-dealkylation sites (N-methyl/N-ethyl adjacent to an activating group) is 1. The Kier molecular flexibility index (Phi) is 4.22. The smallest absolute Gasteiger partial charge is 0.0807 e. The first kappa shape index (κ1) is 12.3. The van der Waals surface area contributed by atoms with Crippen molar-refractivity contribution in [3.63, 3.8) is 0 Å². The largest absolute Gasteiger partial charge is 0.381 e. The Balaban J connectivity index is 1.88. The minimum atomic E-state index is 0.0626. The summed E-state index contributed by atoms with van der Waals surface area (Å²) in [5, 5.41) is 3.47. The molecule has 94 valence electrons. The molecule has 16 heavy (non-hydrogen) atoms. The van der Waals surface area contributed by atoms with Crippen LogP contribution in [0.2, 0.25) is 0 Å². The lowest BCUT2D eigenvalue weighted by Crippen LogP contribution is -2.48. The molecule has 2 fully saturated rings. The molecule has 3 nitrogen and oxygen atoms in total. The van der Waals surface area contributed by atoms with Crippen LogP contribution in [0.3, 0.4) is 0 Å². The summed E-state index contributed by atoms with van der Waals surface area (Å²) in [6.45, 7) is 5.08. The van der Waals surface area contributed by atoms with Crippen LogP contribution in [0.15, 0.2) is 0 Å². The maximum Gasteiger partial charge on any atom is 0.0807 e. The lowest BCUT2D eigenvalue weighted by molar-refractivity contribution is -0.0232. The zero-order chi connectivity index (χ0) is 11.4. The number of ether oxygens (including phenoxy) is 2. The van der Waals surface area contributed by atoms with Gasteiger partial charge in [-0.25, -0.2) is 0 Å². The van der Waals surface area contributed by atoms with E-state index in [9.17, 15) is 0 Å². The van der Waals surface area contributed by atoms with Crippen LogP contribution in [0.25, 0.3) is 0 Å². The van der Waals surface area contributed by atoms with Crippen molar-refractivity contribution in [2.24, 2.45) is 5.92 Å². The molecule has 2 saturated heterocycles. The van der Waals surface area contributed by atoms with Gasteiger partial charge < -0.3 is 14.8 Å². The van der Waals surface area contributed by atoms with E-state index in [-0.39, 0.29) is 5.60 Å². The molecule has 2 unspecified atom stereocenters. The lowest BCUT2D eigenvalue weighted by Gasteiger charge is -2.36. The van der Waals surface area contributed by atoms with E-state index in [1.54, 1.807) is 0 Å². The van der Waals surface area contributed by atoms with Gasteiger partial charge in [0.1, 0.15) is 0 Å². The Morgan fingerprint density at radius 2 is 2.06 bits per heavy atom. The molecule has 0 spiro atoms. The van der Waals surface area contributed by atoms with Gasteiger partial charge in [-0.05, 0) is 52.0 Å². The summed E-state index contributed by atoms with van der Waals surface area (Å²) < 4.78 is 11.4. The highest BCUT2D eigenvalue weighted by atomic mass is 16.5. The van der Waals surface area contributed by atoms with Crippen LogP contribution in [0, 0.1) is 5.92 Å². The van der Waals surface area contributed by atoms with E-state index in [2.05, 4.69) is 19.3 Å². The summed E-state index contributed by atoms with van der Waals surface area (Å²) >= 11 is 0. The second kappa shape index (κ2) is 5.48. The van der Waals surface area contributed by atoms with Gasteiger partial charge in [0.15, 0.2) is 0 Å². The fraction of sp³-hybridized carbons (Fsp3) is 1.00. The first-order valence-corrected chi connectivity index (χ1v) is 6.63. The van der Waals surface area contributed by atoms with E-state index >= 15 is 0 Å². The third-order valence-electron chi connectivity index (χ3n) is 4.24. The highest BCUT2D eigenvalue weighted by Crippen LogP contribution is 2.33. The van der Waals surface area contributed by atoms with Gasteiger partial charge in [-0.2, -0.15) is 0 Å². The normalized spacial score (nSPS) is 34.1. The van der Waals surface area contributed by atoms with Crippen molar-refractivity contribution in [1.29, 1.82) is 0 Å². The molecule has 0 saturated carbocycles. The summed E-state index contributed by atoms with van der Waals surface area (Å²) in [5.41, 5.74) is 0.0626. The van der Waals surface area contributed by atoms with E-state index in [4.69, 9.17) is 9.47 Å². The summed E-state index contributed by atoms with van der Waals surface area (Å²) in [4.78, 5) is 0. The number of hydrogen-bond donors (Lipinski definition) is 1. The van der Waals surface area contributed by atoms with Crippen LogP contribution in [-0.4, -0.2) is 38.5 Å². The number of hydrogen-bond acceptors (Lipinski definition) is 3. The zero-order valence-corrected chi connectivity index (χ0v) is 10.6. The van der Waals surface area contributed by atoms with Gasteiger partial charge in [-0.15, -0.1) is 0 Å². The molecule has 0 aromatic carbocycles. The van der Waals surface area contributed by atoms with Crippen LogP contribution < -0.4 is 5.32 Å². The van der Waals surface area contributed by atoms with Crippen LogP contribution in [0.4, 0.5) is 0 Å². The molecule has 0 aromatic heterocycles. The monoisotopic (exact) mass is 227 g/mol. The van der Waals surface area contributed by atoms with Crippen LogP contribution in [-0.2, 0) is 9.47 Å². The van der Waals surface area contributed by atoms with Crippen molar-refractivity contribution in [2.75, 3.05) is 26.9 Å². The van der Waals surface area contributed by atoms with Gasteiger partial charge in [-0.3, -0.25) is 0 Å². The Morgan fingerprint density at radius 3 is 2.62 bits per heavy atom. The van der Waals surface area contributed by atoms with E-state index in [1.807, 2.05) is 0 Å². The standard InChI is InChI=1S/C13H25NO2/c1-13(6-3-7-16-13)12(14-2)10-11-4-8-15-9-5-11/h11-12,14H,3-10H2,1-2H3. The molecule has 2 aliphatic heterocycles. The van der Waals surface area contributed by atoms with E-state index in [1.165, 1.54) is 32.1 Å². The summed E-state index contributed by atoms with van der Waals surface area (Å²) in [6.07, 6.45) is 6.07. The van der Waals surface area contributed by atoms with Crippen molar-refractivity contribution in [3.8, 4) is 0 Å². The molecule has 0 aliphatic carbocycles. The van der Waals surface area contributed by atoms with Gasteiger partial charge in [0, 0.05) is 25.9 Å². The zero-order valence-electron chi connectivity index (χ0n) is 10.6. The quantitative estimate of drug-likeness (QED) is 0.796.